The lowest BCUT2D eigenvalue weighted by Gasteiger charge is -2.17. The van der Waals surface area contributed by atoms with Crippen LogP contribution in [-0.2, 0) is 6.42 Å². The van der Waals surface area contributed by atoms with Crippen molar-refractivity contribution >= 4 is 21.6 Å². The first-order chi connectivity index (χ1) is 10.1. The minimum absolute atomic E-state index is 0.155. The minimum Gasteiger partial charge on any atom is -0.377 e. The van der Waals surface area contributed by atoms with Crippen LogP contribution in [0.5, 0.6) is 0 Å². The molecule has 0 aliphatic heterocycles. The molecule has 0 saturated carbocycles. The van der Waals surface area contributed by atoms with E-state index in [9.17, 15) is 5.26 Å². The third kappa shape index (κ3) is 4.09. The summed E-state index contributed by atoms with van der Waals surface area (Å²) < 4.78 is 0.967. The zero-order chi connectivity index (χ0) is 15.2. The maximum Gasteiger partial charge on any atom is 0.101 e. The Kier molecular flexibility index (Phi) is 5.41. The Morgan fingerprint density at radius 3 is 2.52 bits per heavy atom. The first-order valence-corrected chi connectivity index (χ1v) is 7.98. The van der Waals surface area contributed by atoms with E-state index in [1.54, 1.807) is 0 Å². The van der Waals surface area contributed by atoms with Gasteiger partial charge in [0.25, 0.3) is 0 Å². The van der Waals surface area contributed by atoms with Crippen LogP contribution in [-0.4, -0.2) is 0 Å². The summed E-state index contributed by atoms with van der Waals surface area (Å²) in [6, 6.07) is 16.7. The van der Waals surface area contributed by atoms with Crippen LogP contribution >= 0.6 is 15.9 Å². The van der Waals surface area contributed by atoms with E-state index in [0.29, 0.717) is 5.56 Å². The lowest BCUT2D eigenvalue weighted by atomic mass is 10.0. The molecule has 3 heteroatoms. The Bertz CT molecular complexity index is 641. The molecule has 0 radical (unpaired) electrons. The minimum atomic E-state index is 0.155. The fourth-order valence-electron chi connectivity index (χ4n) is 2.31. The Morgan fingerprint density at radius 1 is 1.19 bits per heavy atom. The van der Waals surface area contributed by atoms with Gasteiger partial charge in [-0.15, -0.1) is 0 Å². The highest BCUT2D eigenvalue weighted by Crippen LogP contribution is 2.25. The number of anilines is 1. The molecular weight excluding hydrogens is 324 g/mol. The molecule has 2 rings (SSSR count). The van der Waals surface area contributed by atoms with E-state index in [-0.39, 0.29) is 6.04 Å². The van der Waals surface area contributed by atoms with E-state index in [0.717, 1.165) is 23.0 Å². The van der Waals surface area contributed by atoms with Crippen LogP contribution in [0, 0.1) is 11.3 Å². The summed E-state index contributed by atoms with van der Waals surface area (Å²) in [5.74, 6) is 0. The van der Waals surface area contributed by atoms with Gasteiger partial charge in [-0.05, 0) is 42.7 Å². The second kappa shape index (κ2) is 7.28. The molecule has 108 valence electrons. The van der Waals surface area contributed by atoms with Crippen LogP contribution in [0.2, 0.25) is 0 Å². The molecule has 0 spiro atoms. The van der Waals surface area contributed by atoms with Crippen molar-refractivity contribution in [3.8, 4) is 6.07 Å². The second-order valence-corrected chi connectivity index (χ2v) is 6.07. The highest BCUT2D eigenvalue weighted by molar-refractivity contribution is 9.10. The summed E-state index contributed by atoms with van der Waals surface area (Å²) in [6.45, 7) is 4.30. The summed E-state index contributed by atoms with van der Waals surface area (Å²) in [5, 5.41) is 12.6. The van der Waals surface area contributed by atoms with E-state index in [2.05, 4.69) is 65.4 Å². The van der Waals surface area contributed by atoms with Crippen molar-refractivity contribution in [3.63, 3.8) is 0 Å². The van der Waals surface area contributed by atoms with Gasteiger partial charge in [0.2, 0.25) is 0 Å². The molecule has 0 saturated heterocycles. The van der Waals surface area contributed by atoms with Gasteiger partial charge in [0, 0.05) is 10.5 Å². The first-order valence-electron chi connectivity index (χ1n) is 7.19. The first kappa shape index (κ1) is 15.6. The number of aryl methyl sites for hydroxylation is 1. The number of hydrogen-bond donors (Lipinski definition) is 1. The van der Waals surface area contributed by atoms with Crippen LogP contribution in [0.4, 0.5) is 5.69 Å². The van der Waals surface area contributed by atoms with Crippen molar-refractivity contribution in [1.29, 1.82) is 5.26 Å². The lowest BCUT2D eigenvalue weighted by Crippen LogP contribution is -2.08. The zero-order valence-corrected chi connectivity index (χ0v) is 13.9. The van der Waals surface area contributed by atoms with Crippen LogP contribution in [0.15, 0.2) is 46.9 Å². The van der Waals surface area contributed by atoms with Gasteiger partial charge in [-0.1, -0.05) is 53.5 Å². The fourth-order valence-corrected chi connectivity index (χ4v) is 2.67. The third-order valence-electron chi connectivity index (χ3n) is 3.49. The average Bonchev–Trinajstić information content (AvgIpc) is 2.48. The van der Waals surface area contributed by atoms with E-state index in [1.807, 2.05) is 18.2 Å². The zero-order valence-electron chi connectivity index (χ0n) is 12.4. The molecule has 0 fully saturated rings. The van der Waals surface area contributed by atoms with Crippen molar-refractivity contribution in [2.75, 3.05) is 5.32 Å². The maximum absolute atomic E-state index is 9.18. The smallest absolute Gasteiger partial charge is 0.101 e. The van der Waals surface area contributed by atoms with Crippen LogP contribution < -0.4 is 5.32 Å². The Labute approximate surface area is 134 Å². The van der Waals surface area contributed by atoms with Crippen molar-refractivity contribution in [2.45, 2.75) is 32.7 Å². The lowest BCUT2D eigenvalue weighted by molar-refractivity contribution is 0.875. The molecule has 0 bridgehead atoms. The number of nitrogens with one attached hydrogen (secondary N) is 1. The largest absolute Gasteiger partial charge is 0.377 e. The van der Waals surface area contributed by atoms with Crippen molar-refractivity contribution in [3.05, 3.63) is 63.6 Å². The Morgan fingerprint density at radius 2 is 1.90 bits per heavy atom. The van der Waals surface area contributed by atoms with Gasteiger partial charge in [0.1, 0.15) is 6.07 Å². The highest BCUT2D eigenvalue weighted by Gasteiger charge is 2.09. The Balaban J connectivity index is 2.16. The van der Waals surface area contributed by atoms with Gasteiger partial charge >= 0.3 is 0 Å². The quantitative estimate of drug-likeness (QED) is 0.784. The standard InChI is InChI=1S/C18H19BrN2/c1-3-4-14-5-7-15(8-6-14)13(2)21-18-11-17(19)10-9-16(18)12-20/h5-11,13,21H,3-4H2,1-2H3. The summed E-state index contributed by atoms with van der Waals surface area (Å²) in [6.07, 6.45) is 2.28. The monoisotopic (exact) mass is 342 g/mol. The summed E-state index contributed by atoms with van der Waals surface area (Å²) in [5.41, 5.74) is 4.11. The van der Waals surface area contributed by atoms with Gasteiger partial charge in [-0.3, -0.25) is 0 Å². The van der Waals surface area contributed by atoms with Gasteiger partial charge in [0.15, 0.2) is 0 Å². The fraction of sp³-hybridized carbons (Fsp3) is 0.278. The van der Waals surface area contributed by atoms with E-state index in [1.165, 1.54) is 11.1 Å². The normalized spacial score (nSPS) is 11.7. The molecular formula is C18H19BrN2. The van der Waals surface area contributed by atoms with Crippen LogP contribution in [0.25, 0.3) is 0 Å². The molecule has 0 amide bonds. The molecule has 0 aliphatic rings. The van der Waals surface area contributed by atoms with Crippen LogP contribution in [0.1, 0.15) is 43.0 Å². The van der Waals surface area contributed by atoms with Crippen molar-refractivity contribution in [2.24, 2.45) is 0 Å². The number of halogens is 1. The third-order valence-corrected chi connectivity index (χ3v) is 3.99. The molecule has 2 aromatic rings. The predicted octanol–water partition coefficient (Wildman–Crippen LogP) is 5.45. The summed E-state index contributed by atoms with van der Waals surface area (Å²) in [4.78, 5) is 0. The van der Waals surface area contributed by atoms with Gasteiger partial charge in [-0.2, -0.15) is 5.26 Å². The van der Waals surface area contributed by atoms with Crippen LogP contribution in [0.3, 0.4) is 0 Å². The second-order valence-electron chi connectivity index (χ2n) is 5.16. The molecule has 1 N–H and O–H groups in total. The van der Waals surface area contributed by atoms with E-state index < -0.39 is 0 Å². The molecule has 2 nitrogen and oxygen atoms in total. The van der Waals surface area contributed by atoms with Gasteiger partial charge in [0.05, 0.1) is 11.3 Å². The molecule has 21 heavy (non-hydrogen) atoms. The Hall–Kier alpha value is -1.79. The number of rotatable bonds is 5. The SMILES string of the molecule is CCCc1ccc(C(C)Nc2cc(Br)ccc2C#N)cc1. The van der Waals surface area contributed by atoms with Gasteiger partial charge < -0.3 is 5.32 Å². The highest BCUT2D eigenvalue weighted by atomic mass is 79.9. The number of nitriles is 1. The molecule has 1 atom stereocenters. The number of nitrogens with zero attached hydrogens (tertiary/aromatic N) is 1. The molecule has 0 aromatic heterocycles. The maximum atomic E-state index is 9.18. The average molecular weight is 343 g/mol. The molecule has 0 heterocycles. The van der Waals surface area contributed by atoms with E-state index in [4.69, 9.17) is 0 Å². The summed E-state index contributed by atoms with van der Waals surface area (Å²) in [7, 11) is 0. The van der Waals surface area contributed by atoms with Gasteiger partial charge in [-0.25, -0.2) is 0 Å². The van der Waals surface area contributed by atoms with E-state index >= 15 is 0 Å². The molecule has 2 aromatic carbocycles. The van der Waals surface area contributed by atoms with Crippen molar-refractivity contribution in [1.82, 2.24) is 0 Å². The topological polar surface area (TPSA) is 35.8 Å². The van der Waals surface area contributed by atoms with Crippen molar-refractivity contribution < 1.29 is 0 Å². The number of hydrogen-bond acceptors (Lipinski definition) is 2. The molecule has 1 unspecified atom stereocenters. The molecule has 0 aliphatic carbocycles. The number of benzene rings is 2. The predicted molar refractivity (Wildman–Crippen MR) is 91.3 cm³/mol. The summed E-state index contributed by atoms with van der Waals surface area (Å²) >= 11 is 3.45.